The van der Waals surface area contributed by atoms with E-state index in [4.69, 9.17) is 9.47 Å². The van der Waals surface area contributed by atoms with Crippen molar-refractivity contribution >= 4 is 17.5 Å². The molecule has 0 radical (unpaired) electrons. The zero-order chi connectivity index (χ0) is 18.7. The van der Waals surface area contributed by atoms with E-state index in [-0.39, 0.29) is 11.8 Å². The Morgan fingerprint density at radius 1 is 1.08 bits per heavy atom. The number of hydrogen-bond donors (Lipinski definition) is 1. The van der Waals surface area contributed by atoms with Crippen molar-refractivity contribution in [3.8, 4) is 11.5 Å². The summed E-state index contributed by atoms with van der Waals surface area (Å²) in [5, 5.41) is 2.91. The Hall–Kier alpha value is -3.02. The van der Waals surface area contributed by atoms with Gasteiger partial charge in [0.2, 0.25) is 5.91 Å². The number of hydrogen-bond acceptors (Lipinski definition) is 4. The number of nitrogens with zero attached hydrogens (tertiary/aromatic N) is 1. The Morgan fingerprint density at radius 3 is 2.58 bits per heavy atom. The minimum absolute atomic E-state index is 0.100. The molecule has 0 atom stereocenters. The first kappa shape index (κ1) is 17.8. The van der Waals surface area contributed by atoms with Crippen LogP contribution in [0.5, 0.6) is 11.5 Å². The maximum Gasteiger partial charge on any atom is 0.251 e. The van der Waals surface area contributed by atoms with Crippen LogP contribution in [-0.4, -0.2) is 33.1 Å². The molecule has 0 aliphatic carbocycles. The van der Waals surface area contributed by atoms with Crippen molar-refractivity contribution in [2.75, 3.05) is 26.2 Å². The molecule has 0 saturated heterocycles. The maximum absolute atomic E-state index is 12.5. The Bertz CT molecular complexity index is 848. The SMILES string of the molecule is COc1ccc(CNC(=O)c2ccc3c(c2)CCC(=O)N3C)cc1OC. The zero-order valence-corrected chi connectivity index (χ0v) is 15.2. The van der Waals surface area contributed by atoms with Crippen LogP contribution < -0.4 is 19.7 Å². The summed E-state index contributed by atoms with van der Waals surface area (Å²) in [6.07, 6.45) is 1.13. The van der Waals surface area contributed by atoms with E-state index in [0.29, 0.717) is 36.4 Å². The minimum atomic E-state index is -0.151. The summed E-state index contributed by atoms with van der Waals surface area (Å²) in [6.45, 7) is 0.384. The van der Waals surface area contributed by atoms with Crippen molar-refractivity contribution in [3.63, 3.8) is 0 Å². The molecule has 2 aromatic rings. The van der Waals surface area contributed by atoms with Crippen molar-refractivity contribution in [1.82, 2.24) is 5.32 Å². The van der Waals surface area contributed by atoms with Gasteiger partial charge in [0.1, 0.15) is 0 Å². The van der Waals surface area contributed by atoms with E-state index in [0.717, 1.165) is 16.8 Å². The number of carbonyl (C=O) groups excluding carboxylic acids is 2. The summed E-state index contributed by atoms with van der Waals surface area (Å²) >= 11 is 0. The van der Waals surface area contributed by atoms with Crippen LogP contribution in [0.25, 0.3) is 0 Å². The predicted molar refractivity (Wildman–Crippen MR) is 98.9 cm³/mol. The number of benzene rings is 2. The minimum Gasteiger partial charge on any atom is -0.493 e. The van der Waals surface area contributed by atoms with Crippen molar-refractivity contribution in [1.29, 1.82) is 0 Å². The third-order valence-electron chi connectivity index (χ3n) is 4.59. The molecule has 6 heteroatoms. The van der Waals surface area contributed by atoms with Gasteiger partial charge in [-0.1, -0.05) is 6.07 Å². The molecular formula is C20H22N2O4. The second-order valence-corrected chi connectivity index (χ2v) is 6.17. The highest BCUT2D eigenvalue weighted by atomic mass is 16.5. The molecule has 26 heavy (non-hydrogen) atoms. The van der Waals surface area contributed by atoms with Crippen molar-refractivity contribution in [2.24, 2.45) is 0 Å². The topological polar surface area (TPSA) is 67.9 Å². The Kier molecular flexibility index (Phi) is 5.11. The average molecular weight is 354 g/mol. The highest BCUT2D eigenvalue weighted by molar-refractivity contribution is 5.98. The van der Waals surface area contributed by atoms with Gasteiger partial charge >= 0.3 is 0 Å². The molecule has 3 rings (SSSR count). The van der Waals surface area contributed by atoms with E-state index >= 15 is 0 Å². The lowest BCUT2D eigenvalue weighted by molar-refractivity contribution is -0.118. The fourth-order valence-corrected chi connectivity index (χ4v) is 3.07. The fourth-order valence-electron chi connectivity index (χ4n) is 3.07. The average Bonchev–Trinajstić information content (AvgIpc) is 2.68. The van der Waals surface area contributed by atoms with Gasteiger partial charge in [0.05, 0.1) is 14.2 Å². The number of methoxy groups -OCH3 is 2. The quantitative estimate of drug-likeness (QED) is 0.896. The Labute approximate surface area is 152 Å². The van der Waals surface area contributed by atoms with E-state index in [1.54, 1.807) is 32.2 Å². The van der Waals surface area contributed by atoms with Crippen molar-refractivity contribution in [2.45, 2.75) is 19.4 Å². The zero-order valence-electron chi connectivity index (χ0n) is 15.2. The number of aryl methyl sites for hydroxylation is 1. The molecule has 0 fully saturated rings. The summed E-state index contributed by atoms with van der Waals surface area (Å²) in [7, 11) is 4.92. The van der Waals surface area contributed by atoms with Gasteiger partial charge in [-0.2, -0.15) is 0 Å². The Morgan fingerprint density at radius 2 is 1.85 bits per heavy atom. The van der Waals surface area contributed by atoms with Crippen LogP contribution in [0.1, 0.15) is 27.9 Å². The normalized spacial score (nSPS) is 13.2. The van der Waals surface area contributed by atoms with Gasteiger partial charge in [-0.05, 0) is 47.9 Å². The van der Waals surface area contributed by atoms with Gasteiger partial charge in [0.15, 0.2) is 11.5 Å². The number of ether oxygens (including phenoxy) is 2. The number of rotatable bonds is 5. The summed E-state index contributed by atoms with van der Waals surface area (Å²) in [5.41, 5.74) is 3.40. The van der Waals surface area contributed by atoms with E-state index in [2.05, 4.69) is 5.32 Å². The van der Waals surface area contributed by atoms with Crippen molar-refractivity contribution < 1.29 is 19.1 Å². The van der Waals surface area contributed by atoms with E-state index in [9.17, 15) is 9.59 Å². The highest BCUT2D eigenvalue weighted by Crippen LogP contribution is 2.28. The maximum atomic E-state index is 12.5. The second kappa shape index (κ2) is 7.47. The summed E-state index contributed by atoms with van der Waals surface area (Å²) in [4.78, 5) is 25.9. The lowest BCUT2D eigenvalue weighted by atomic mass is 9.99. The molecule has 0 saturated carbocycles. The number of carbonyl (C=O) groups is 2. The molecule has 136 valence electrons. The molecule has 1 heterocycles. The number of nitrogens with one attached hydrogen (secondary N) is 1. The van der Waals surface area contributed by atoms with E-state index in [1.807, 2.05) is 30.3 Å². The largest absolute Gasteiger partial charge is 0.493 e. The molecule has 0 bridgehead atoms. The van der Waals surface area contributed by atoms with E-state index < -0.39 is 0 Å². The molecule has 2 amide bonds. The highest BCUT2D eigenvalue weighted by Gasteiger charge is 2.21. The monoisotopic (exact) mass is 354 g/mol. The first-order valence-corrected chi connectivity index (χ1v) is 8.42. The first-order chi connectivity index (χ1) is 12.5. The van der Waals surface area contributed by atoms with Crippen LogP contribution in [-0.2, 0) is 17.8 Å². The van der Waals surface area contributed by atoms with Gasteiger partial charge in [-0.25, -0.2) is 0 Å². The molecule has 0 aromatic heterocycles. The molecule has 2 aromatic carbocycles. The molecule has 0 unspecified atom stereocenters. The van der Waals surface area contributed by atoms with Crippen LogP contribution in [0.15, 0.2) is 36.4 Å². The van der Waals surface area contributed by atoms with Crippen LogP contribution in [0.4, 0.5) is 5.69 Å². The smallest absolute Gasteiger partial charge is 0.251 e. The van der Waals surface area contributed by atoms with Gasteiger partial charge in [-0.3, -0.25) is 9.59 Å². The molecule has 1 aliphatic heterocycles. The standard InChI is InChI=1S/C20H22N2O4/c1-22-16-7-5-15(11-14(16)6-9-19(22)23)20(24)21-12-13-4-8-17(25-2)18(10-13)26-3/h4-5,7-8,10-11H,6,9,12H2,1-3H3,(H,21,24). The predicted octanol–water partition coefficient (Wildman–Crippen LogP) is 2.54. The fraction of sp³-hybridized carbons (Fsp3) is 0.300. The van der Waals surface area contributed by atoms with E-state index in [1.165, 1.54) is 0 Å². The van der Waals surface area contributed by atoms with Gasteiger partial charge in [0.25, 0.3) is 5.91 Å². The summed E-state index contributed by atoms with van der Waals surface area (Å²) < 4.78 is 10.5. The number of fused-ring (bicyclic) bond motifs is 1. The van der Waals surface area contributed by atoms with Crippen LogP contribution in [0.3, 0.4) is 0 Å². The first-order valence-electron chi connectivity index (χ1n) is 8.42. The molecular weight excluding hydrogens is 332 g/mol. The van der Waals surface area contributed by atoms with Gasteiger partial charge in [0, 0.05) is 31.3 Å². The Balaban J connectivity index is 1.70. The molecule has 0 spiro atoms. The van der Waals surface area contributed by atoms with Crippen LogP contribution in [0.2, 0.25) is 0 Å². The van der Waals surface area contributed by atoms with Crippen LogP contribution >= 0.6 is 0 Å². The molecule has 1 aliphatic rings. The molecule has 1 N–H and O–H groups in total. The van der Waals surface area contributed by atoms with Gasteiger partial charge in [-0.15, -0.1) is 0 Å². The summed E-state index contributed by atoms with van der Waals surface area (Å²) in [5.74, 6) is 1.22. The number of amides is 2. The van der Waals surface area contributed by atoms with Crippen LogP contribution in [0, 0.1) is 0 Å². The van der Waals surface area contributed by atoms with Crippen molar-refractivity contribution in [3.05, 3.63) is 53.1 Å². The van der Waals surface area contributed by atoms with Gasteiger partial charge < -0.3 is 19.7 Å². The lowest BCUT2D eigenvalue weighted by Gasteiger charge is -2.26. The third-order valence-corrected chi connectivity index (χ3v) is 4.59. The molecule has 6 nitrogen and oxygen atoms in total. The second-order valence-electron chi connectivity index (χ2n) is 6.17. The summed E-state index contributed by atoms with van der Waals surface area (Å²) in [6, 6.07) is 11.0. The third kappa shape index (κ3) is 3.49. The number of anilines is 1. The lowest BCUT2D eigenvalue weighted by Crippen LogP contribution is -2.31.